The maximum atomic E-state index is 11.4. The van der Waals surface area contributed by atoms with Crippen molar-refractivity contribution >= 4 is 38.1 Å². The normalized spacial score (nSPS) is 25.8. The average Bonchev–Trinajstić information content (AvgIpc) is 3.79. The van der Waals surface area contributed by atoms with Crippen LogP contribution in [0.4, 0.5) is 0 Å². The molecule has 1 unspecified atom stereocenters. The predicted octanol–water partition coefficient (Wildman–Crippen LogP) is 15.2. The molecule has 0 saturated carbocycles. The largest absolute Gasteiger partial charge is 0.308 e. The fourth-order valence-electron chi connectivity index (χ4n) is 15.0. The summed E-state index contributed by atoms with van der Waals surface area (Å²) in [5.41, 5.74) is 19.7. The molecule has 0 saturated heterocycles. The zero-order chi connectivity index (χ0) is 44.1. The van der Waals surface area contributed by atoms with Gasteiger partial charge in [0.25, 0.3) is 0 Å². The zero-order valence-corrected chi connectivity index (χ0v) is 40.4. The molecule has 5 aliphatic carbocycles. The van der Waals surface area contributed by atoms with Crippen LogP contribution < -0.4 is 0 Å². The average molecular weight is 806 g/mol. The van der Waals surface area contributed by atoms with Crippen LogP contribution in [0.1, 0.15) is 217 Å². The number of hydrogen-bond donors (Lipinski definition) is 0. The minimum absolute atomic E-state index is 0.0488. The summed E-state index contributed by atoms with van der Waals surface area (Å²) >= 11 is 0. The Labute approximate surface area is 365 Å². The number of nitriles is 2. The van der Waals surface area contributed by atoms with Crippen molar-refractivity contribution in [1.29, 1.82) is 10.5 Å². The molecule has 6 aromatic rings. The van der Waals surface area contributed by atoms with Gasteiger partial charge in [0.2, 0.25) is 0 Å². The molecule has 61 heavy (non-hydrogen) atoms. The Morgan fingerprint density at radius 1 is 0.443 bits per heavy atom. The Hall–Kier alpha value is -4.34. The molecule has 1 atom stereocenters. The Morgan fingerprint density at radius 2 is 0.902 bits per heavy atom. The van der Waals surface area contributed by atoms with Gasteiger partial charge in [0.05, 0.1) is 39.8 Å². The minimum Gasteiger partial charge on any atom is -0.308 e. The molecule has 314 valence electrons. The highest BCUT2D eigenvalue weighted by molar-refractivity contribution is 6.30. The molecule has 0 spiro atoms. The van der Waals surface area contributed by atoms with E-state index in [2.05, 4.69) is 159 Å². The van der Waals surface area contributed by atoms with Gasteiger partial charge in [-0.05, 0) is 161 Å². The first kappa shape index (κ1) is 39.5. The third kappa shape index (κ3) is 4.14. The monoisotopic (exact) mass is 806 g/mol. The summed E-state index contributed by atoms with van der Waals surface area (Å²) in [4.78, 5) is 0. The topological polar surface area (TPSA) is 52.0 Å². The van der Waals surface area contributed by atoms with E-state index in [9.17, 15) is 10.5 Å². The Morgan fingerprint density at radius 3 is 1.44 bits per heavy atom. The lowest BCUT2D eigenvalue weighted by atomic mass is 9.52. The van der Waals surface area contributed by atoms with Gasteiger partial charge in [0, 0.05) is 27.0 Å². The maximum absolute atomic E-state index is 11.4. The smallest absolute Gasteiger partial charge is 0.0995 e. The molecule has 0 amide bonds. The van der Waals surface area contributed by atoms with E-state index < -0.39 is 0 Å². The first-order valence-electron chi connectivity index (χ1n) is 23.5. The van der Waals surface area contributed by atoms with Crippen molar-refractivity contribution in [3.05, 3.63) is 85.5 Å². The van der Waals surface area contributed by atoms with Crippen molar-refractivity contribution in [1.82, 2.24) is 4.40 Å². The third-order valence-corrected chi connectivity index (χ3v) is 20.0. The summed E-state index contributed by atoms with van der Waals surface area (Å²) in [5.74, 6) is 0. The van der Waals surface area contributed by atoms with Gasteiger partial charge in [-0.15, -0.1) is 0 Å². The van der Waals surface area contributed by atoms with E-state index in [-0.39, 0.29) is 48.7 Å². The first-order chi connectivity index (χ1) is 28.0. The summed E-state index contributed by atoms with van der Waals surface area (Å²) in [7, 11) is 0. The zero-order valence-electron chi connectivity index (χ0n) is 40.4. The summed E-state index contributed by atoms with van der Waals surface area (Å²) in [6.07, 6.45) is 6.99. The van der Waals surface area contributed by atoms with E-state index in [0.29, 0.717) is 0 Å². The molecule has 3 nitrogen and oxygen atoms in total. The molecule has 0 radical (unpaired) electrons. The number of nitrogens with zero attached hydrogens (tertiary/aromatic N) is 3. The highest BCUT2D eigenvalue weighted by Gasteiger charge is 2.60. The van der Waals surface area contributed by atoms with E-state index in [1.807, 2.05) is 0 Å². The van der Waals surface area contributed by atoms with Gasteiger partial charge in [0.1, 0.15) is 0 Å². The maximum Gasteiger partial charge on any atom is 0.0995 e. The van der Waals surface area contributed by atoms with Gasteiger partial charge in [-0.1, -0.05) is 124 Å². The van der Waals surface area contributed by atoms with Crippen LogP contribution in [0.15, 0.2) is 24.3 Å². The molecule has 3 heteroatoms. The molecule has 11 rings (SSSR count). The van der Waals surface area contributed by atoms with Crippen molar-refractivity contribution < 1.29 is 0 Å². The fourth-order valence-corrected chi connectivity index (χ4v) is 15.0. The molecule has 0 aliphatic heterocycles. The van der Waals surface area contributed by atoms with Crippen LogP contribution in [0.3, 0.4) is 0 Å². The third-order valence-electron chi connectivity index (χ3n) is 20.0. The molecule has 0 bridgehead atoms. The lowest BCUT2D eigenvalue weighted by molar-refractivity contribution is 0.125. The van der Waals surface area contributed by atoms with Gasteiger partial charge in [-0.3, -0.25) is 0 Å². The van der Waals surface area contributed by atoms with Crippen molar-refractivity contribution in [2.24, 2.45) is 5.41 Å². The van der Waals surface area contributed by atoms with Crippen LogP contribution in [0, 0.1) is 28.1 Å². The summed E-state index contributed by atoms with van der Waals surface area (Å²) in [5, 5.41) is 28.1. The predicted molar refractivity (Wildman–Crippen MR) is 255 cm³/mol. The van der Waals surface area contributed by atoms with Gasteiger partial charge < -0.3 is 4.40 Å². The summed E-state index contributed by atoms with van der Waals surface area (Å²) in [6.45, 7) is 41.8. The van der Waals surface area contributed by atoms with Crippen LogP contribution >= 0.6 is 0 Å². The molecule has 2 aromatic heterocycles. The quantitative estimate of drug-likeness (QED) is 0.154. The Kier molecular flexibility index (Phi) is 6.93. The molecule has 4 aromatic carbocycles. The highest BCUT2D eigenvalue weighted by Crippen LogP contribution is 2.68. The lowest BCUT2D eigenvalue weighted by Gasteiger charge is -2.52. The number of benzene rings is 4. The molecular formula is C58H67N3. The van der Waals surface area contributed by atoms with Gasteiger partial charge >= 0.3 is 0 Å². The van der Waals surface area contributed by atoms with Crippen LogP contribution in [0.5, 0.6) is 0 Å². The summed E-state index contributed by atoms with van der Waals surface area (Å²) < 4.78 is 2.59. The Bertz CT molecular complexity index is 3160. The lowest BCUT2D eigenvalue weighted by Crippen LogP contribution is -2.43. The van der Waals surface area contributed by atoms with Gasteiger partial charge in [-0.25, -0.2) is 0 Å². The van der Waals surface area contributed by atoms with Crippen LogP contribution in [-0.2, 0) is 43.3 Å². The number of aromatic nitrogens is 1. The van der Waals surface area contributed by atoms with Gasteiger partial charge in [-0.2, -0.15) is 10.5 Å². The molecular weight excluding hydrogens is 739 g/mol. The SMILES string of the molecule is CC1(C)CCC(C)(C)c2cc3c(cc21)-c1c(c(C#N)cc2c1c1c4c5c(c6c7c8c(c(C#N)cc7n2c16)C(C)(C)C(C)(C)C8(C)C)C(C)(C)CCC5(C)CCC4(C)C)C3(C)C. The van der Waals surface area contributed by atoms with E-state index in [1.54, 1.807) is 16.7 Å². The van der Waals surface area contributed by atoms with Crippen LogP contribution in [0.2, 0.25) is 0 Å². The highest BCUT2D eigenvalue weighted by atomic mass is 14.9. The Balaban J connectivity index is 1.48. The van der Waals surface area contributed by atoms with Crippen molar-refractivity contribution in [2.75, 3.05) is 0 Å². The van der Waals surface area contributed by atoms with Gasteiger partial charge in [0.15, 0.2) is 0 Å². The number of rotatable bonds is 0. The van der Waals surface area contributed by atoms with E-state index >= 15 is 0 Å². The standard InChI is InChI=1S/C58H67N3/c1-50(2)18-19-51(3,4)35-27-33-32(26-34(35)50)38-39-36(24-30(28-59)43(38)54(33,9)10)61-37-25-31(29-60)44-47(56(13,14)57(15,16)55(44,11)12)40(37)42-46-48-45(41(39)49(42)61)52(5,6)20-22-58(48,17)23-21-53(46,7)8/h24-27H,18-23H2,1-17H3. The van der Waals surface area contributed by atoms with E-state index in [4.69, 9.17) is 0 Å². The fraction of sp³-hybridized carbons (Fsp3) is 0.552. The van der Waals surface area contributed by atoms with Crippen molar-refractivity contribution in [3.8, 4) is 23.3 Å². The molecule has 0 fully saturated rings. The van der Waals surface area contributed by atoms with Crippen LogP contribution in [-0.4, -0.2) is 4.40 Å². The van der Waals surface area contributed by atoms with E-state index in [0.717, 1.165) is 41.4 Å². The molecule has 5 aliphatic rings. The number of hydrogen-bond acceptors (Lipinski definition) is 2. The second-order valence-corrected chi connectivity index (χ2v) is 26.0. The van der Waals surface area contributed by atoms with E-state index in [1.165, 1.54) is 90.8 Å². The first-order valence-corrected chi connectivity index (χ1v) is 23.5. The van der Waals surface area contributed by atoms with Crippen molar-refractivity contribution in [3.63, 3.8) is 0 Å². The second-order valence-electron chi connectivity index (χ2n) is 26.0. The molecule has 2 heterocycles. The molecule has 0 N–H and O–H groups in total. The number of fused-ring (bicyclic) bond motifs is 15. The van der Waals surface area contributed by atoms with Crippen LogP contribution in [0.25, 0.3) is 49.2 Å². The summed E-state index contributed by atoms with van der Waals surface area (Å²) in [6, 6.07) is 15.3. The minimum atomic E-state index is -0.358. The second kappa shape index (κ2) is 10.7. The van der Waals surface area contributed by atoms with Crippen molar-refractivity contribution in [2.45, 2.75) is 200 Å².